The maximum Gasteiger partial charge on any atom is 0.338 e. The first kappa shape index (κ1) is 15.5. The third kappa shape index (κ3) is 3.59. The Kier molecular flexibility index (Phi) is 4.71. The fourth-order valence-electron chi connectivity index (χ4n) is 1.69. The number of esters is 1. The van der Waals surface area contributed by atoms with Gasteiger partial charge in [-0.25, -0.2) is 4.79 Å². The van der Waals surface area contributed by atoms with Crippen LogP contribution in [-0.4, -0.2) is 10.9 Å². The van der Waals surface area contributed by atoms with Crippen LogP contribution in [-0.2, 0) is 11.3 Å². The molecule has 0 aliphatic heterocycles. The monoisotopic (exact) mass is 316 g/mol. The fourth-order valence-corrected chi connectivity index (χ4v) is 1.87. The summed E-state index contributed by atoms with van der Waals surface area (Å²) in [4.78, 5) is 22.0. The molecule has 0 saturated carbocycles. The van der Waals surface area contributed by atoms with E-state index < -0.39 is 10.9 Å². The molecule has 0 aliphatic carbocycles. The molecule has 2 rings (SSSR count). The second-order valence-electron chi connectivity index (χ2n) is 4.31. The molecule has 0 fully saturated rings. The van der Waals surface area contributed by atoms with Crippen LogP contribution in [0.15, 0.2) is 42.5 Å². The molecule has 0 atom stereocenters. The van der Waals surface area contributed by atoms with Crippen molar-refractivity contribution in [1.82, 2.24) is 0 Å². The lowest BCUT2D eigenvalue weighted by atomic mass is 10.1. The summed E-state index contributed by atoms with van der Waals surface area (Å²) in [6.45, 7) is 0.000958. The minimum absolute atomic E-state index is 0.000958. The topological polar surface area (TPSA) is 93.2 Å². The lowest BCUT2D eigenvalue weighted by molar-refractivity contribution is -0.384. The molecule has 6 nitrogen and oxygen atoms in total. The van der Waals surface area contributed by atoms with Crippen LogP contribution in [0.25, 0.3) is 0 Å². The number of benzene rings is 2. The second kappa shape index (κ2) is 6.70. The van der Waals surface area contributed by atoms with Crippen LogP contribution in [0.4, 0.5) is 5.69 Å². The summed E-state index contributed by atoms with van der Waals surface area (Å²) in [7, 11) is 0. The van der Waals surface area contributed by atoms with Crippen molar-refractivity contribution in [3.05, 3.63) is 74.3 Å². The van der Waals surface area contributed by atoms with Crippen LogP contribution in [0.1, 0.15) is 21.5 Å². The van der Waals surface area contributed by atoms with Crippen molar-refractivity contribution in [1.29, 1.82) is 5.26 Å². The van der Waals surface area contributed by atoms with Gasteiger partial charge in [0.1, 0.15) is 11.6 Å². The number of nitrogens with zero attached hydrogens (tertiary/aromatic N) is 2. The standard InChI is InChI=1S/C15H9ClN2O4/c16-13-6-5-12(7-14(13)18(20)21)15(19)22-9-11-3-1-10(8-17)2-4-11/h1-7H,9H2. The molecule has 22 heavy (non-hydrogen) atoms. The fraction of sp³-hybridized carbons (Fsp3) is 0.0667. The van der Waals surface area contributed by atoms with Crippen molar-refractivity contribution >= 4 is 23.3 Å². The van der Waals surface area contributed by atoms with Gasteiger partial charge in [0.25, 0.3) is 5.69 Å². The average Bonchev–Trinajstić information content (AvgIpc) is 2.53. The molecule has 2 aromatic carbocycles. The highest BCUT2D eigenvalue weighted by molar-refractivity contribution is 6.32. The van der Waals surface area contributed by atoms with Gasteiger partial charge in [0, 0.05) is 6.07 Å². The Morgan fingerprint density at radius 1 is 1.27 bits per heavy atom. The first-order valence-corrected chi connectivity index (χ1v) is 6.49. The minimum Gasteiger partial charge on any atom is -0.457 e. The minimum atomic E-state index is -0.691. The first-order chi connectivity index (χ1) is 10.5. The number of halogens is 1. The molecule has 0 heterocycles. The highest BCUT2D eigenvalue weighted by Gasteiger charge is 2.17. The summed E-state index contributed by atoms with van der Waals surface area (Å²) in [5.74, 6) is -0.691. The Labute approximate surface area is 130 Å². The van der Waals surface area contributed by atoms with Gasteiger partial charge in [0.05, 0.1) is 22.1 Å². The number of rotatable bonds is 4. The molecule has 0 unspecified atom stereocenters. The van der Waals surface area contributed by atoms with E-state index in [0.29, 0.717) is 11.1 Å². The first-order valence-electron chi connectivity index (χ1n) is 6.11. The van der Waals surface area contributed by atoms with Gasteiger partial charge in [0.2, 0.25) is 0 Å². The quantitative estimate of drug-likeness (QED) is 0.489. The summed E-state index contributed by atoms with van der Waals surface area (Å²) in [5, 5.41) is 19.4. The zero-order valence-corrected chi connectivity index (χ0v) is 11.9. The van der Waals surface area contributed by atoms with E-state index in [0.717, 1.165) is 6.07 Å². The molecule has 0 amide bonds. The molecular weight excluding hydrogens is 308 g/mol. The summed E-state index contributed by atoms with van der Waals surface area (Å²) < 4.78 is 5.07. The van der Waals surface area contributed by atoms with Crippen molar-refractivity contribution in [2.24, 2.45) is 0 Å². The largest absolute Gasteiger partial charge is 0.457 e. The number of hydrogen-bond donors (Lipinski definition) is 0. The van der Waals surface area contributed by atoms with Crippen molar-refractivity contribution in [3.8, 4) is 6.07 Å². The Balaban J connectivity index is 2.07. The van der Waals surface area contributed by atoms with Crippen molar-refractivity contribution < 1.29 is 14.5 Å². The smallest absolute Gasteiger partial charge is 0.338 e. The summed E-state index contributed by atoms with van der Waals surface area (Å²) >= 11 is 5.68. The van der Waals surface area contributed by atoms with Crippen molar-refractivity contribution in [3.63, 3.8) is 0 Å². The number of hydrogen-bond acceptors (Lipinski definition) is 5. The Morgan fingerprint density at radius 3 is 2.55 bits per heavy atom. The molecule has 0 radical (unpaired) electrons. The number of nitro groups is 1. The number of ether oxygens (including phenoxy) is 1. The van der Waals surface area contributed by atoms with E-state index in [2.05, 4.69) is 0 Å². The maximum absolute atomic E-state index is 11.9. The molecule has 0 aromatic heterocycles. The molecular formula is C15H9ClN2O4. The Hall–Kier alpha value is -2.91. The molecule has 0 saturated heterocycles. The van der Waals surface area contributed by atoms with Crippen LogP contribution in [0.3, 0.4) is 0 Å². The van der Waals surface area contributed by atoms with Gasteiger partial charge in [0.15, 0.2) is 0 Å². The summed E-state index contributed by atoms with van der Waals surface area (Å²) in [6.07, 6.45) is 0. The highest BCUT2D eigenvalue weighted by atomic mass is 35.5. The lowest BCUT2D eigenvalue weighted by Crippen LogP contribution is -2.06. The zero-order valence-electron chi connectivity index (χ0n) is 11.2. The highest BCUT2D eigenvalue weighted by Crippen LogP contribution is 2.25. The van der Waals surface area contributed by atoms with Gasteiger partial charge in [-0.15, -0.1) is 0 Å². The predicted octanol–water partition coefficient (Wildman–Crippen LogP) is 3.48. The molecule has 0 spiro atoms. The summed E-state index contributed by atoms with van der Waals surface area (Å²) in [5.41, 5.74) is 0.901. The van der Waals surface area contributed by atoms with E-state index in [1.807, 2.05) is 6.07 Å². The van der Waals surface area contributed by atoms with Gasteiger partial charge in [-0.3, -0.25) is 10.1 Å². The van der Waals surface area contributed by atoms with Gasteiger partial charge in [-0.2, -0.15) is 5.26 Å². The third-order valence-corrected chi connectivity index (χ3v) is 3.15. The molecule has 2 aromatic rings. The van der Waals surface area contributed by atoms with E-state index in [1.54, 1.807) is 24.3 Å². The van der Waals surface area contributed by atoms with Crippen LogP contribution in [0.5, 0.6) is 0 Å². The number of nitriles is 1. The number of nitro benzene ring substituents is 1. The zero-order chi connectivity index (χ0) is 16.1. The predicted molar refractivity (Wildman–Crippen MR) is 78.4 cm³/mol. The maximum atomic E-state index is 11.9. The number of carbonyl (C=O) groups is 1. The van der Waals surface area contributed by atoms with Crippen LogP contribution in [0.2, 0.25) is 5.02 Å². The van der Waals surface area contributed by atoms with Crippen LogP contribution >= 0.6 is 11.6 Å². The SMILES string of the molecule is N#Cc1ccc(COC(=O)c2ccc(Cl)c([N+](=O)[O-])c2)cc1. The van der Waals surface area contributed by atoms with Gasteiger partial charge in [-0.1, -0.05) is 23.7 Å². The molecule has 0 N–H and O–H groups in total. The van der Waals surface area contributed by atoms with Gasteiger partial charge in [-0.05, 0) is 29.8 Å². The average molecular weight is 317 g/mol. The van der Waals surface area contributed by atoms with E-state index in [4.69, 9.17) is 21.6 Å². The molecule has 0 bridgehead atoms. The molecule has 7 heteroatoms. The third-order valence-electron chi connectivity index (χ3n) is 2.83. The van der Waals surface area contributed by atoms with Crippen molar-refractivity contribution in [2.45, 2.75) is 6.61 Å². The molecule has 0 aliphatic rings. The van der Waals surface area contributed by atoms with Crippen LogP contribution in [0, 0.1) is 21.4 Å². The van der Waals surface area contributed by atoms with E-state index >= 15 is 0 Å². The van der Waals surface area contributed by atoms with Gasteiger partial charge >= 0.3 is 5.97 Å². The lowest BCUT2D eigenvalue weighted by Gasteiger charge is -2.05. The normalized spacial score (nSPS) is 9.82. The van der Waals surface area contributed by atoms with Gasteiger partial charge < -0.3 is 4.74 Å². The Morgan fingerprint density at radius 2 is 1.95 bits per heavy atom. The summed E-state index contributed by atoms with van der Waals surface area (Å²) in [6, 6.07) is 12.2. The number of carbonyl (C=O) groups excluding carboxylic acids is 1. The van der Waals surface area contributed by atoms with Crippen molar-refractivity contribution in [2.75, 3.05) is 0 Å². The van der Waals surface area contributed by atoms with E-state index in [-0.39, 0.29) is 22.9 Å². The molecule has 110 valence electrons. The van der Waals surface area contributed by atoms with E-state index in [1.165, 1.54) is 12.1 Å². The second-order valence-corrected chi connectivity index (χ2v) is 4.72. The van der Waals surface area contributed by atoms with E-state index in [9.17, 15) is 14.9 Å². The van der Waals surface area contributed by atoms with Crippen LogP contribution < -0.4 is 0 Å². The Bertz CT molecular complexity index is 766.